The summed E-state index contributed by atoms with van der Waals surface area (Å²) in [7, 11) is 0. The van der Waals surface area contributed by atoms with Crippen LogP contribution >= 0.6 is 0 Å². The summed E-state index contributed by atoms with van der Waals surface area (Å²) < 4.78 is 0. The Balaban J connectivity index is 0. The molecule has 0 aliphatic carbocycles. The molecule has 0 amide bonds. The number of aryl methyl sites for hydroxylation is 2. The van der Waals surface area contributed by atoms with Crippen molar-refractivity contribution in [2.24, 2.45) is 0 Å². The molecule has 74 valence electrons. The topological polar surface area (TPSA) is 17.1 Å². The Morgan fingerprint density at radius 2 is 1.77 bits per heavy atom. The highest BCUT2D eigenvalue weighted by Crippen LogP contribution is 2.03. The summed E-state index contributed by atoms with van der Waals surface area (Å²) in [5.41, 5.74) is 2.78. The number of hydrogen-bond donors (Lipinski definition) is 0. The molecule has 1 aromatic rings. The maximum atomic E-state index is 8.00. The van der Waals surface area contributed by atoms with E-state index >= 15 is 0 Å². The van der Waals surface area contributed by atoms with Crippen LogP contribution in [0.5, 0.6) is 0 Å². The van der Waals surface area contributed by atoms with Crippen LogP contribution in [0.25, 0.3) is 0 Å². The zero-order valence-corrected chi connectivity index (χ0v) is 9.13. The summed E-state index contributed by atoms with van der Waals surface area (Å²) in [6.45, 7) is 10.3. The fraction of sp³-hybridized carbons (Fsp3) is 0.417. The molecule has 0 N–H and O–H groups in total. The molecule has 0 heterocycles. The van der Waals surface area contributed by atoms with E-state index in [1.807, 2.05) is 20.6 Å². The van der Waals surface area contributed by atoms with E-state index in [0.29, 0.717) is 0 Å². The van der Waals surface area contributed by atoms with Crippen molar-refractivity contribution in [3.63, 3.8) is 0 Å². The van der Waals surface area contributed by atoms with Crippen LogP contribution in [0.4, 0.5) is 0 Å². The second kappa shape index (κ2) is 10.9. The molecule has 0 atom stereocenters. The molecular formula is C12H20O. The molecule has 1 rings (SSSR count). The number of rotatable bonds is 1. The van der Waals surface area contributed by atoms with Crippen LogP contribution in [-0.2, 0) is 11.2 Å². The number of benzene rings is 1. The van der Waals surface area contributed by atoms with E-state index in [9.17, 15) is 0 Å². The summed E-state index contributed by atoms with van der Waals surface area (Å²) >= 11 is 0. The van der Waals surface area contributed by atoms with Gasteiger partial charge in [-0.2, -0.15) is 0 Å². The van der Waals surface area contributed by atoms with Crippen LogP contribution in [0.3, 0.4) is 0 Å². The van der Waals surface area contributed by atoms with E-state index in [1.54, 1.807) is 0 Å². The Hall–Kier alpha value is -1.11. The molecule has 1 nitrogen and oxygen atoms in total. The third kappa shape index (κ3) is 7.26. The minimum Gasteiger partial charge on any atom is -0.307 e. The number of hydrogen-bond acceptors (Lipinski definition) is 1. The first-order chi connectivity index (χ1) is 6.33. The largest absolute Gasteiger partial charge is 0.307 e. The van der Waals surface area contributed by atoms with Crippen LogP contribution in [0.1, 0.15) is 31.9 Å². The zero-order valence-electron chi connectivity index (χ0n) is 9.13. The molecule has 13 heavy (non-hydrogen) atoms. The van der Waals surface area contributed by atoms with E-state index in [1.165, 1.54) is 11.1 Å². The Morgan fingerprint density at radius 1 is 1.23 bits per heavy atom. The summed E-state index contributed by atoms with van der Waals surface area (Å²) in [6.07, 6.45) is 1.14. The second-order valence-corrected chi connectivity index (χ2v) is 2.34. The first-order valence-corrected chi connectivity index (χ1v) is 4.67. The van der Waals surface area contributed by atoms with Gasteiger partial charge in [0.1, 0.15) is 6.79 Å². The summed E-state index contributed by atoms with van der Waals surface area (Å²) in [5, 5.41) is 0. The third-order valence-electron chi connectivity index (χ3n) is 1.49. The molecule has 0 aromatic heterocycles. The maximum Gasteiger partial charge on any atom is 0.106 e. The summed E-state index contributed by atoms with van der Waals surface area (Å²) in [6, 6.07) is 8.61. The molecule has 0 bridgehead atoms. The van der Waals surface area contributed by atoms with Gasteiger partial charge in [0.05, 0.1) is 0 Å². The Kier molecular flexibility index (Phi) is 12.1. The van der Waals surface area contributed by atoms with E-state index in [4.69, 9.17) is 4.79 Å². The highest BCUT2D eigenvalue weighted by Gasteiger charge is 1.85. The van der Waals surface area contributed by atoms with Crippen LogP contribution in [0.15, 0.2) is 24.3 Å². The molecule has 0 saturated heterocycles. The lowest BCUT2D eigenvalue weighted by atomic mass is 10.1. The van der Waals surface area contributed by atoms with E-state index in [2.05, 4.69) is 38.1 Å². The van der Waals surface area contributed by atoms with Gasteiger partial charge in [-0.3, -0.25) is 0 Å². The number of carbonyl (C=O) groups is 1. The predicted molar refractivity (Wildman–Crippen MR) is 59.0 cm³/mol. The standard InChI is InChI=1S/C9H12.C2H6.CH2O/c1-3-9-6-4-5-8(2)7-9;2*1-2/h4-7H,3H2,1-2H3;1-2H3;1H2. The van der Waals surface area contributed by atoms with Gasteiger partial charge in [-0.1, -0.05) is 50.6 Å². The fourth-order valence-corrected chi connectivity index (χ4v) is 0.932. The van der Waals surface area contributed by atoms with Crippen molar-refractivity contribution in [1.29, 1.82) is 0 Å². The van der Waals surface area contributed by atoms with Gasteiger partial charge < -0.3 is 4.79 Å². The molecule has 0 saturated carbocycles. The molecule has 0 aliphatic rings. The minimum absolute atomic E-state index is 1.14. The van der Waals surface area contributed by atoms with Gasteiger partial charge in [0.25, 0.3) is 0 Å². The predicted octanol–water partition coefficient (Wildman–Crippen LogP) is 3.40. The maximum absolute atomic E-state index is 8.00. The first-order valence-electron chi connectivity index (χ1n) is 4.67. The molecule has 1 aromatic carbocycles. The van der Waals surface area contributed by atoms with Gasteiger partial charge >= 0.3 is 0 Å². The van der Waals surface area contributed by atoms with E-state index in [0.717, 1.165) is 6.42 Å². The lowest BCUT2D eigenvalue weighted by Gasteiger charge is -1.95. The SMILES string of the molecule is C=O.CC.CCc1cccc(C)c1. The molecule has 0 unspecified atom stereocenters. The van der Waals surface area contributed by atoms with Crippen LogP contribution < -0.4 is 0 Å². The van der Waals surface area contributed by atoms with Crippen LogP contribution in [0.2, 0.25) is 0 Å². The number of carbonyl (C=O) groups excluding carboxylic acids is 1. The Bertz CT molecular complexity index is 206. The molecule has 0 fully saturated rings. The van der Waals surface area contributed by atoms with Gasteiger partial charge in [0.15, 0.2) is 0 Å². The smallest absolute Gasteiger partial charge is 0.106 e. The molecule has 0 spiro atoms. The van der Waals surface area contributed by atoms with Crippen LogP contribution in [-0.4, -0.2) is 6.79 Å². The Morgan fingerprint density at radius 3 is 2.08 bits per heavy atom. The zero-order chi connectivity index (χ0) is 10.7. The van der Waals surface area contributed by atoms with Crippen molar-refractivity contribution < 1.29 is 4.79 Å². The van der Waals surface area contributed by atoms with Gasteiger partial charge in [-0.15, -0.1) is 0 Å². The van der Waals surface area contributed by atoms with Crippen molar-refractivity contribution in [2.45, 2.75) is 34.1 Å². The second-order valence-electron chi connectivity index (χ2n) is 2.34. The summed E-state index contributed by atoms with van der Waals surface area (Å²) in [4.78, 5) is 8.00. The first kappa shape index (κ1) is 14.4. The van der Waals surface area contributed by atoms with Gasteiger partial charge in [-0.05, 0) is 18.9 Å². The quantitative estimate of drug-likeness (QED) is 0.647. The van der Waals surface area contributed by atoms with Crippen molar-refractivity contribution in [2.75, 3.05) is 0 Å². The Labute approximate surface area is 81.8 Å². The van der Waals surface area contributed by atoms with E-state index in [-0.39, 0.29) is 0 Å². The van der Waals surface area contributed by atoms with Crippen molar-refractivity contribution >= 4 is 6.79 Å². The molecular weight excluding hydrogens is 160 g/mol. The van der Waals surface area contributed by atoms with Crippen molar-refractivity contribution in [3.05, 3.63) is 35.4 Å². The molecule has 0 aliphatic heterocycles. The average molecular weight is 180 g/mol. The van der Waals surface area contributed by atoms with Gasteiger partial charge in [0.2, 0.25) is 0 Å². The van der Waals surface area contributed by atoms with Gasteiger partial charge in [-0.25, -0.2) is 0 Å². The van der Waals surface area contributed by atoms with Crippen molar-refractivity contribution in [3.8, 4) is 0 Å². The van der Waals surface area contributed by atoms with Gasteiger partial charge in [0, 0.05) is 0 Å². The fourth-order valence-electron chi connectivity index (χ4n) is 0.932. The highest BCUT2D eigenvalue weighted by atomic mass is 16.1. The molecule has 0 radical (unpaired) electrons. The summed E-state index contributed by atoms with van der Waals surface area (Å²) in [5.74, 6) is 0. The van der Waals surface area contributed by atoms with E-state index < -0.39 is 0 Å². The minimum atomic E-state index is 1.14. The lowest BCUT2D eigenvalue weighted by Crippen LogP contribution is -1.78. The van der Waals surface area contributed by atoms with Crippen molar-refractivity contribution in [1.82, 2.24) is 0 Å². The lowest BCUT2D eigenvalue weighted by molar-refractivity contribution is -0.0979. The third-order valence-corrected chi connectivity index (χ3v) is 1.49. The average Bonchev–Trinajstić information content (AvgIpc) is 2.24. The highest BCUT2D eigenvalue weighted by molar-refractivity contribution is 5.21. The molecule has 1 heteroatoms. The monoisotopic (exact) mass is 180 g/mol. The van der Waals surface area contributed by atoms with Crippen LogP contribution in [0, 0.1) is 6.92 Å². The normalized spacial score (nSPS) is 7.38.